The second kappa shape index (κ2) is 2.52. The van der Waals surface area contributed by atoms with Crippen molar-refractivity contribution in [3.8, 4) is 0 Å². The van der Waals surface area contributed by atoms with E-state index in [-0.39, 0.29) is 6.54 Å². The number of tetrazole rings is 1. The molecule has 1 aliphatic rings. The van der Waals surface area contributed by atoms with Gasteiger partial charge in [0.15, 0.2) is 5.82 Å². The molecule has 7 heteroatoms. The van der Waals surface area contributed by atoms with Crippen molar-refractivity contribution < 1.29 is 9.90 Å². The molecule has 2 N–H and O–H groups in total. The van der Waals surface area contributed by atoms with Crippen molar-refractivity contribution in [1.82, 2.24) is 25.5 Å². The smallest absolute Gasteiger partial charge is 0.322 e. The zero-order valence-electron chi connectivity index (χ0n) is 6.14. The number of aliphatic carboxylic acids is 1. The van der Waals surface area contributed by atoms with Crippen LogP contribution in [0.2, 0.25) is 0 Å². The van der Waals surface area contributed by atoms with Crippen LogP contribution < -0.4 is 5.32 Å². The summed E-state index contributed by atoms with van der Waals surface area (Å²) in [5.74, 6) is -0.205. The molecular formula is C5H7N5O2. The third kappa shape index (κ3) is 1.03. The molecule has 0 aliphatic carbocycles. The Balaban J connectivity index is 2.20. The maximum atomic E-state index is 10.5. The maximum absolute atomic E-state index is 10.5. The standard InChI is InChI=1S/C5H7N5O2/c11-5(12)3-2-10-4(1-6-3)7-8-9-10/h3,6H,1-2H2,(H,11,12). The zero-order valence-corrected chi connectivity index (χ0v) is 6.14. The van der Waals surface area contributed by atoms with Gasteiger partial charge >= 0.3 is 5.97 Å². The Kier molecular flexibility index (Phi) is 1.51. The number of nitrogens with one attached hydrogen (secondary N) is 1. The van der Waals surface area contributed by atoms with Crippen LogP contribution in [-0.4, -0.2) is 37.3 Å². The van der Waals surface area contributed by atoms with E-state index in [1.54, 1.807) is 0 Å². The Morgan fingerprint density at radius 1 is 1.75 bits per heavy atom. The first-order valence-corrected chi connectivity index (χ1v) is 3.48. The van der Waals surface area contributed by atoms with Crippen LogP contribution >= 0.6 is 0 Å². The van der Waals surface area contributed by atoms with Gasteiger partial charge in [-0.25, -0.2) is 4.68 Å². The summed E-state index contributed by atoms with van der Waals surface area (Å²) < 4.78 is 1.50. The lowest BCUT2D eigenvalue weighted by molar-refractivity contribution is -0.140. The summed E-state index contributed by atoms with van der Waals surface area (Å²) in [6.45, 7) is 0.696. The van der Waals surface area contributed by atoms with Crippen LogP contribution in [0.1, 0.15) is 5.82 Å². The van der Waals surface area contributed by atoms with Crippen LogP contribution in [0.4, 0.5) is 0 Å². The summed E-state index contributed by atoms with van der Waals surface area (Å²) in [6.07, 6.45) is 0. The Morgan fingerprint density at radius 2 is 2.58 bits per heavy atom. The van der Waals surface area contributed by atoms with E-state index in [1.165, 1.54) is 4.68 Å². The van der Waals surface area contributed by atoms with Crippen LogP contribution in [0.25, 0.3) is 0 Å². The van der Waals surface area contributed by atoms with Gasteiger partial charge in [0.2, 0.25) is 0 Å². The maximum Gasteiger partial charge on any atom is 0.322 e. The lowest BCUT2D eigenvalue weighted by atomic mass is 10.2. The first-order chi connectivity index (χ1) is 5.77. The van der Waals surface area contributed by atoms with Gasteiger partial charge in [-0.05, 0) is 10.4 Å². The summed E-state index contributed by atoms with van der Waals surface area (Å²) >= 11 is 0. The lowest BCUT2D eigenvalue weighted by Crippen LogP contribution is -2.44. The van der Waals surface area contributed by atoms with E-state index < -0.39 is 12.0 Å². The first kappa shape index (κ1) is 7.17. The van der Waals surface area contributed by atoms with Gasteiger partial charge in [-0.15, -0.1) is 5.10 Å². The molecule has 1 aromatic heterocycles. The summed E-state index contributed by atoms with van der Waals surface area (Å²) in [5.41, 5.74) is 0. The van der Waals surface area contributed by atoms with Gasteiger partial charge in [0, 0.05) is 0 Å². The fraction of sp³-hybridized carbons (Fsp3) is 0.600. The highest BCUT2D eigenvalue weighted by Gasteiger charge is 2.24. The van der Waals surface area contributed by atoms with Gasteiger partial charge in [0.1, 0.15) is 6.04 Å². The third-order valence-corrected chi connectivity index (χ3v) is 1.77. The predicted octanol–water partition coefficient (Wildman–Crippen LogP) is -1.77. The average Bonchev–Trinajstić information content (AvgIpc) is 2.49. The third-order valence-electron chi connectivity index (χ3n) is 1.77. The molecule has 0 fully saturated rings. The number of fused-ring (bicyclic) bond motifs is 1. The van der Waals surface area contributed by atoms with Gasteiger partial charge in [0.05, 0.1) is 13.1 Å². The van der Waals surface area contributed by atoms with Gasteiger partial charge < -0.3 is 5.11 Å². The minimum absolute atomic E-state index is 0.289. The van der Waals surface area contributed by atoms with Crippen LogP contribution in [0.15, 0.2) is 0 Å². The largest absolute Gasteiger partial charge is 0.480 e. The fourth-order valence-electron chi connectivity index (χ4n) is 1.11. The molecule has 0 saturated carbocycles. The van der Waals surface area contributed by atoms with Crippen molar-refractivity contribution in [3.05, 3.63) is 5.82 Å². The molecule has 0 spiro atoms. The minimum Gasteiger partial charge on any atom is -0.480 e. The molecule has 64 valence electrons. The number of hydrogen-bond donors (Lipinski definition) is 2. The fourth-order valence-corrected chi connectivity index (χ4v) is 1.11. The second-order valence-electron chi connectivity index (χ2n) is 2.55. The number of aromatic nitrogens is 4. The number of rotatable bonds is 1. The van der Waals surface area contributed by atoms with E-state index in [9.17, 15) is 4.79 Å². The van der Waals surface area contributed by atoms with Crippen molar-refractivity contribution in [2.75, 3.05) is 0 Å². The molecular weight excluding hydrogens is 162 g/mol. The van der Waals surface area contributed by atoms with E-state index in [0.29, 0.717) is 12.4 Å². The Morgan fingerprint density at radius 3 is 3.33 bits per heavy atom. The number of hydrogen-bond acceptors (Lipinski definition) is 5. The second-order valence-corrected chi connectivity index (χ2v) is 2.55. The Hall–Kier alpha value is -1.50. The molecule has 0 radical (unpaired) electrons. The molecule has 1 unspecified atom stereocenters. The highest BCUT2D eigenvalue weighted by atomic mass is 16.4. The van der Waals surface area contributed by atoms with Crippen molar-refractivity contribution in [3.63, 3.8) is 0 Å². The van der Waals surface area contributed by atoms with E-state index >= 15 is 0 Å². The van der Waals surface area contributed by atoms with Gasteiger partial charge in [-0.3, -0.25) is 10.1 Å². The van der Waals surface area contributed by atoms with E-state index in [4.69, 9.17) is 5.11 Å². The SMILES string of the molecule is O=C(O)C1Cn2nnnc2CN1. The molecule has 0 aromatic carbocycles. The van der Waals surface area contributed by atoms with Crippen LogP contribution in [0.5, 0.6) is 0 Å². The number of carbonyl (C=O) groups is 1. The van der Waals surface area contributed by atoms with E-state index in [2.05, 4.69) is 20.8 Å². The molecule has 0 amide bonds. The van der Waals surface area contributed by atoms with Gasteiger partial charge in [0.25, 0.3) is 0 Å². The van der Waals surface area contributed by atoms with Gasteiger partial charge in [-0.2, -0.15) is 0 Å². The summed E-state index contributed by atoms with van der Waals surface area (Å²) in [5, 5.41) is 22.2. The first-order valence-electron chi connectivity index (χ1n) is 3.48. The number of carboxylic acid groups (broad SMARTS) is 1. The quantitative estimate of drug-likeness (QED) is 0.516. The highest BCUT2D eigenvalue weighted by molar-refractivity contribution is 5.73. The zero-order chi connectivity index (χ0) is 8.55. The topological polar surface area (TPSA) is 92.9 Å². The monoisotopic (exact) mass is 169 g/mol. The van der Waals surface area contributed by atoms with E-state index in [1.807, 2.05) is 0 Å². The van der Waals surface area contributed by atoms with Crippen LogP contribution in [0, 0.1) is 0 Å². The Bertz CT molecular complexity index is 309. The van der Waals surface area contributed by atoms with Crippen LogP contribution in [0.3, 0.4) is 0 Å². The molecule has 1 atom stereocenters. The molecule has 1 aliphatic heterocycles. The van der Waals surface area contributed by atoms with Crippen molar-refractivity contribution in [1.29, 1.82) is 0 Å². The van der Waals surface area contributed by atoms with Crippen molar-refractivity contribution >= 4 is 5.97 Å². The van der Waals surface area contributed by atoms with Gasteiger partial charge in [-0.1, -0.05) is 0 Å². The van der Waals surface area contributed by atoms with Crippen LogP contribution in [-0.2, 0) is 17.9 Å². The molecule has 2 rings (SSSR count). The highest BCUT2D eigenvalue weighted by Crippen LogP contribution is 2.02. The van der Waals surface area contributed by atoms with Crippen molar-refractivity contribution in [2.24, 2.45) is 0 Å². The average molecular weight is 169 g/mol. The molecule has 12 heavy (non-hydrogen) atoms. The predicted molar refractivity (Wildman–Crippen MR) is 36.1 cm³/mol. The molecule has 7 nitrogen and oxygen atoms in total. The summed E-state index contributed by atoms with van der Waals surface area (Å²) in [7, 11) is 0. The molecule has 0 saturated heterocycles. The number of carboxylic acids is 1. The molecule has 0 bridgehead atoms. The lowest BCUT2D eigenvalue weighted by Gasteiger charge is -2.19. The number of nitrogens with zero attached hydrogens (tertiary/aromatic N) is 4. The molecule has 1 aromatic rings. The van der Waals surface area contributed by atoms with E-state index in [0.717, 1.165) is 0 Å². The minimum atomic E-state index is -0.879. The normalized spacial score (nSPS) is 21.8. The summed E-state index contributed by atoms with van der Waals surface area (Å²) in [4.78, 5) is 10.5. The molecule has 2 heterocycles. The Labute approximate surface area is 67.4 Å². The van der Waals surface area contributed by atoms with Crippen molar-refractivity contribution in [2.45, 2.75) is 19.1 Å². The summed E-state index contributed by atoms with van der Waals surface area (Å²) in [6, 6.07) is -0.582.